The Morgan fingerprint density at radius 1 is 1.14 bits per heavy atom. The summed E-state index contributed by atoms with van der Waals surface area (Å²) >= 11 is 0. The molecule has 0 N–H and O–H groups in total. The molecule has 0 unspecified atom stereocenters. The van der Waals surface area contributed by atoms with Gasteiger partial charge in [-0.1, -0.05) is 43.2 Å². The van der Waals surface area contributed by atoms with Gasteiger partial charge >= 0.3 is 0 Å². The van der Waals surface area contributed by atoms with Crippen LogP contribution < -0.4 is 0 Å². The van der Waals surface area contributed by atoms with Crippen LogP contribution >= 0.6 is 0 Å². The summed E-state index contributed by atoms with van der Waals surface area (Å²) in [5, 5.41) is 0. The van der Waals surface area contributed by atoms with E-state index in [0.29, 0.717) is 5.41 Å². The van der Waals surface area contributed by atoms with Crippen molar-refractivity contribution in [3.63, 3.8) is 0 Å². The van der Waals surface area contributed by atoms with Gasteiger partial charge in [-0.05, 0) is 25.1 Å². The lowest BCUT2D eigenvalue weighted by atomic mass is 9.79. The molecule has 0 aromatic heterocycles. The Kier molecular flexibility index (Phi) is 2.67. The Balaban J connectivity index is 2.31. The van der Waals surface area contributed by atoms with Gasteiger partial charge in [0.15, 0.2) is 0 Å². The van der Waals surface area contributed by atoms with Gasteiger partial charge in [0, 0.05) is 12.0 Å². The molecule has 1 fully saturated rings. The maximum atomic E-state index is 4.12. The molecule has 14 heavy (non-hydrogen) atoms. The fraction of sp³-hybridized carbons (Fsp3) is 0.462. The molecule has 1 aliphatic carbocycles. The fourth-order valence-electron chi connectivity index (χ4n) is 2.60. The molecule has 0 bridgehead atoms. The molecule has 0 spiro atoms. The second-order valence-electron chi connectivity index (χ2n) is 4.24. The van der Waals surface area contributed by atoms with E-state index in [4.69, 9.17) is 0 Å². The summed E-state index contributed by atoms with van der Waals surface area (Å²) in [5.74, 6) is 0. The van der Waals surface area contributed by atoms with Gasteiger partial charge in [-0.25, -0.2) is 0 Å². The van der Waals surface area contributed by atoms with E-state index in [9.17, 15) is 0 Å². The molecular formula is C13H17N. The van der Waals surface area contributed by atoms with Gasteiger partial charge in [-0.3, -0.25) is 0 Å². The van der Waals surface area contributed by atoms with Crippen molar-refractivity contribution in [1.29, 1.82) is 0 Å². The molecule has 2 rings (SSSR count). The van der Waals surface area contributed by atoms with Crippen molar-refractivity contribution in [2.24, 2.45) is 4.99 Å². The smallest absolute Gasteiger partial charge is 0.0479 e. The second-order valence-corrected chi connectivity index (χ2v) is 4.24. The van der Waals surface area contributed by atoms with Gasteiger partial charge < -0.3 is 4.99 Å². The topological polar surface area (TPSA) is 12.4 Å². The average molecular weight is 187 g/mol. The minimum atomic E-state index is 0.309. The molecule has 0 heterocycles. The number of nitrogens with zero attached hydrogens (tertiary/aromatic N) is 1. The lowest BCUT2D eigenvalue weighted by molar-refractivity contribution is 0.455. The Morgan fingerprint density at radius 3 is 2.36 bits per heavy atom. The highest BCUT2D eigenvalue weighted by atomic mass is 14.7. The molecule has 0 radical (unpaired) electrons. The van der Waals surface area contributed by atoms with Crippen LogP contribution in [-0.4, -0.2) is 13.3 Å². The molecule has 0 aliphatic heterocycles. The third-order valence-corrected chi connectivity index (χ3v) is 3.36. The summed E-state index contributed by atoms with van der Waals surface area (Å²) in [6, 6.07) is 10.8. The molecule has 0 saturated heterocycles. The van der Waals surface area contributed by atoms with Gasteiger partial charge in [0.05, 0.1) is 0 Å². The van der Waals surface area contributed by atoms with Crippen molar-refractivity contribution < 1.29 is 0 Å². The Bertz CT molecular complexity index is 296. The minimum Gasteiger partial charge on any atom is -0.300 e. The van der Waals surface area contributed by atoms with Crippen LogP contribution in [0.2, 0.25) is 0 Å². The zero-order valence-corrected chi connectivity index (χ0v) is 8.58. The number of aliphatic imine (C=N–C) groups is 1. The fourth-order valence-corrected chi connectivity index (χ4v) is 2.60. The minimum absolute atomic E-state index is 0.309. The van der Waals surface area contributed by atoms with Crippen LogP contribution in [-0.2, 0) is 5.41 Å². The molecule has 1 nitrogen and oxygen atoms in total. The first-order valence-electron chi connectivity index (χ1n) is 5.35. The average Bonchev–Trinajstić information content (AvgIpc) is 2.70. The summed E-state index contributed by atoms with van der Waals surface area (Å²) in [5.41, 5.74) is 1.76. The molecule has 0 amide bonds. The summed E-state index contributed by atoms with van der Waals surface area (Å²) in [6.07, 6.45) is 5.22. The maximum Gasteiger partial charge on any atom is 0.0479 e. The quantitative estimate of drug-likeness (QED) is 0.644. The Hall–Kier alpha value is -1.11. The van der Waals surface area contributed by atoms with Gasteiger partial charge in [-0.2, -0.15) is 0 Å². The summed E-state index contributed by atoms with van der Waals surface area (Å²) in [6.45, 7) is 4.53. The van der Waals surface area contributed by atoms with Gasteiger partial charge in [0.1, 0.15) is 0 Å². The van der Waals surface area contributed by atoms with Crippen LogP contribution in [0.3, 0.4) is 0 Å². The summed E-state index contributed by atoms with van der Waals surface area (Å²) < 4.78 is 0. The standard InChI is InChI=1S/C13H17N/c1-14-11-13(9-5-6-10-13)12-7-3-2-4-8-12/h2-4,7-8H,1,5-6,9-11H2. The Labute approximate surface area is 85.9 Å². The van der Waals surface area contributed by atoms with E-state index in [-0.39, 0.29) is 0 Å². The van der Waals surface area contributed by atoms with Crippen molar-refractivity contribution in [3.8, 4) is 0 Å². The molecule has 1 heteroatoms. The second kappa shape index (κ2) is 3.95. The van der Waals surface area contributed by atoms with Crippen molar-refractivity contribution in [2.45, 2.75) is 31.1 Å². The number of rotatable bonds is 3. The maximum absolute atomic E-state index is 4.12. The highest BCUT2D eigenvalue weighted by Crippen LogP contribution is 2.41. The first kappa shape index (κ1) is 9.45. The van der Waals surface area contributed by atoms with Gasteiger partial charge in [-0.15, -0.1) is 0 Å². The third-order valence-electron chi connectivity index (χ3n) is 3.36. The molecule has 1 aliphatic rings. The van der Waals surface area contributed by atoms with Crippen LogP contribution in [0.25, 0.3) is 0 Å². The third kappa shape index (κ3) is 1.59. The van der Waals surface area contributed by atoms with E-state index in [2.05, 4.69) is 42.0 Å². The van der Waals surface area contributed by atoms with Crippen LogP contribution in [0.1, 0.15) is 31.2 Å². The molecule has 0 atom stereocenters. The lowest BCUT2D eigenvalue weighted by Gasteiger charge is -2.27. The normalized spacial score (nSPS) is 19.4. The van der Waals surface area contributed by atoms with E-state index >= 15 is 0 Å². The number of hydrogen-bond donors (Lipinski definition) is 0. The largest absolute Gasteiger partial charge is 0.300 e. The molecule has 74 valence electrons. The van der Waals surface area contributed by atoms with Crippen LogP contribution in [0.4, 0.5) is 0 Å². The number of benzene rings is 1. The van der Waals surface area contributed by atoms with E-state index in [1.165, 1.54) is 31.2 Å². The zero-order valence-electron chi connectivity index (χ0n) is 8.58. The first-order chi connectivity index (χ1) is 6.87. The van der Waals surface area contributed by atoms with Gasteiger partial charge in [0.25, 0.3) is 0 Å². The monoisotopic (exact) mass is 187 g/mol. The van der Waals surface area contributed by atoms with E-state index in [1.807, 2.05) is 0 Å². The van der Waals surface area contributed by atoms with Crippen LogP contribution in [0, 0.1) is 0 Å². The van der Waals surface area contributed by atoms with Crippen molar-refractivity contribution in [1.82, 2.24) is 0 Å². The van der Waals surface area contributed by atoms with Gasteiger partial charge in [0.2, 0.25) is 0 Å². The lowest BCUT2D eigenvalue weighted by Crippen LogP contribution is -2.25. The predicted octanol–water partition coefficient (Wildman–Crippen LogP) is 3.20. The van der Waals surface area contributed by atoms with Crippen molar-refractivity contribution in [3.05, 3.63) is 35.9 Å². The zero-order chi connectivity index (χ0) is 9.86. The van der Waals surface area contributed by atoms with Crippen molar-refractivity contribution >= 4 is 6.72 Å². The molecule has 1 saturated carbocycles. The number of hydrogen-bond acceptors (Lipinski definition) is 1. The molecule has 1 aromatic rings. The van der Waals surface area contributed by atoms with E-state index < -0.39 is 0 Å². The van der Waals surface area contributed by atoms with Crippen LogP contribution in [0.15, 0.2) is 35.3 Å². The van der Waals surface area contributed by atoms with E-state index in [0.717, 1.165) is 6.54 Å². The van der Waals surface area contributed by atoms with Crippen LogP contribution in [0.5, 0.6) is 0 Å². The molecular weight excluding hydrogens is 170 g/mol. The highest BCUT2D eigenvalue weighted by Gasteiger charge is 2.34. The molecule has 1 aromatic carbocycles. The first-order valence-corrected chi connectivity index (χ1v) is 5.35. The summed E-state index contributed by atoms with van der Waals surface area (Å²) in [4.78, 5) is 4.12. The summed E-state index contributed by atoms with van der Waals surface area (Å²) in [7, 11) is 0. The highest BCUT2D eigenvalue weighted by molar-refractivity contribution is 5.30. The van der Waals surface area contributed by atoms with E-state index in [1.54, 1.807) is 0 Å². The predicted molar refractivity (Wildman–Crippen MR) is 61.0 cm³/mol. The SMILES string of the molecule is C=NCC1(c2ccccc2)CCCC1. The van der Waals surface area contributed by atoms with Crippen molar-refractivity contribution in [2.75, 3.05) is 6.54 Å². The Morgan fingerprint density at radius 2 is 1.79 bits per heavy atom.